The van der Waals surface area contributed by atoms with Gasteiger partial charge in [-0.2, -0.15) is 0 Å². The number of benzene rings is 4. The van der Waals surface area contributed by atoms with E-state index in [1.165, 1.54) is 7.11 Å². The molecule has 45 heavy (non-hydrogen) atoms. The number of nitrogens with zero attached hydrogens (tertiary/aromatic N) is 1. The highest BCUT2D eigenvalue weighted by Crippen LogP contribution is 2.25. The van der Waals surface area contributed by atoms with E-state index in [1.807, 2.05) is 79.7 Å². The van der Waals surface area contributed by atoms with Gasteiger partial charge in [-0.3, -0.25) is 9.59 Å². The molecule has 1 N–H and O–H groups in total. The van der Waals surface area contributed by atoms with Crippen molar-refractivity contribution in [3.8, 4) is 5.75 Å². The number of methoxy groups -OCH3 is 1. The van der Waals surface area contributed by atoms with Crippen molar-refractivity contribution in [2.45, 2.75) is 46.6 Å². The number of hydrogen-bond donors (Lipinski definition) is 1. The highest BCUT2D eigenvalue weighted by molar-refractivity contribution is 6.12. The van der Waals surface area contributed by atoms with Crippen molar-refractivity contribution >= 4 is 29.0 Å². The number of ketones is 1. The SMILES string of the molecule is COC(=O)[C@H](Cc1ccc(OCCN(C(=O)CC(C)(C)C)c2ccc(C)cc2)cc1)Nc1ccccc1C(=O)c1ccccc1. The van der Waals surface area contributed by atoms with Crippen molar-refractivity contribution in [1.29, 1.82) is 0 Å². The molecule has 0 aromatic heterocycles. The van der Waals surface area contributed by atoms with E-state index in [0.717, 1.165) is 16.8 Å². The lowest BCUT2D eigenvalue weighted by atomic mass is 9.91. The minimum atomic E-state index is -0.719. The van der Waals surface area contributed by atoms with Crippen LogP contribution >= 0.6 is 0 Å². The molecule has 0 heterocycles. The number of esters is 1. The van der Waals surface area contributed by atoms with Crippen molar-refractivity contribution < 1.29 is 23.9 Å². The fourth-order valence-electron chi connectivity index (χ4n) is 4.96. The molecule has 0 unspecified atom stereocenters. The summed E-state index contributed by atoms with van der Waals surface area (Å²) in [7, 11) is 1.35. The molecule has 7 nitrogen and oxygen atoms in total. The highest BCUT2D eigenvalue weighted by Gasteiger charge is 2.24. The van der Waals surface area contributed by atoms with Gasteiger partial charge in [-0.05, 0) is 54.3 Å². The van der Waals surface area contributed by atoms with E-state index in [2.05, 4.69) is 26.1 Å². The zero-order valence-corrected chi connectivity index (χ0v) is 26.7. The molecule has 0 spiro atoms. The molecule has 0 aliphatic heterocycles. The van der Waals surface area contributed by atoms with Crippen LogP contribution in [0.25, 0.3) is 0 Å². The molecule has 1 amide bonds. The zero-order valence-electron chi connectivity index (χ0n) is 26.7. The van der Waals surface area contributed by atoms with E-state index < -0.39 is 12.0 Å². The van der Waals surface area contributed by atoms with E-state index in [0.29, 0.717) is 48.6 Å². The first-order chi connectivity index (χ1) is 21.5. The summed E-state index contributed by atoms with van der Waals surface area (Å²) >= 11 is 0. The number of nitrogens with one attached hydrogen (secondary N) is 1. The van der Waals surface area contributed by atoms with Gasteiger partial charge in [0.25, 0.3) is 0 Å². The Kier molecular flexibility index (Phi) is 11.1. The largest absolute Gasteiger partial charge is 0.492 e. The van der Waals surface area contributed by atoms with E-state index in [4.69, 9.17) is 9.47 Å². The quantitative estimate of drug-likeness (QED) is 0.127. The van der Waals surface area contributed by atoms with Gasteiger partial charge in [0.05, 0.1) is 13.7 Å². The summed E-state index contributed by atoms with van der Waals surface area (Å²) in [6.07, 6.45) is 0.763. The van der Waals surface area contributed by atoms with Crippen LogP contribution < -0.4 is 15.0 Å². The van der Waals surface area contributed by atoms with Gasteiger partial charge < -0.3 is 19.7 Å². The minimum absolute atomic E-state index is 0.0543. The topological polar surface area (TPSA) is 84.9 Å². The Balaban J connectivity index is 1.41. The molecule has 0 fully saturated rings. The maximum absolute atomic E-state index is 13.2. The second-order valence-electron chi connectivity index (χ2n) is 12.3. The Morgan fingerprint density at radius 3 is 2.11 bits per heavy atom. The Morgan fingerprint density at radius 2 is 1.47 bits per heavy atom. The molecule has 0 aliphatic rings. The normalized spacial score (nSPS) is 11.8. The van der Waals surface area contributed by atoms with Crippen molar-refractivity contribution in [2.24, 2.45) is 5.41 Å². The number of amides is 1. The predicted molar refractivity (Wildman–Crippen MR) is 179 cm³/mol. The molecule has 4 rings (SSSR count). The van der Waals surface area contributed by atoms with E-state index >= 15 is 0 Å². The Labute approximate surface area is 266 Å². The van der Waals surface area contributed by atoms with Gasteiger partial charge in [0.1, 0.15) is 18.4 Å². The van der Waals surface area contributed by atoms with Gasteiger partial charge in [0.2, 0.25) is 5.91 Å². The van der Waals surface area contributed by atoms with Crippen LogP contribution in [0, 0.1) is 12.3 Å². The molecule has 0 saturated heterocycles. The molecule has 7 heteroatoms. The van der Waals surface area contributed by atoms with Crippen LogP contribution in [0.15, 0.2) is 103 Å². The summed E-state index contributed by atoms with van der Waals surface area (Å²) < 4.78 is 11.1. The molecule has 4 aromatic rings. The van der Waals surface area contributed by atoms with Crippen LogP contribution in [-0.2, 0) is 20.7 Å². The molecule has 0 radical (unpaired) electrons. The number of rotatable bonds is 13. The first-order valence-electron chi connectivity index (χ1n) is 15.2. The number of anilines is 2. The Morgan fingerprint density at radius 1 is 0.822 bits per heavy atom. The fraction of sp³-hybridized carbons (Fsp3) is 0.289. The van der Waals surface area contributed by atoms with Crippen molar-refractivity contribution in [3.05, 3.63) is 125 Å². The van der Waals surface area contributed by atoms with Crippen LogP contribution in [-0.4, -0.2) is 44.0 Å². The van der Waals surface area contributed by atoms with Crippen LogP contribution in [0.3, 0.4) is 0 Å². The molecule has 234 valence electrons. The Bertz CT molecular complexity index is 1580. The third-order valence-corrected chi connectivity index (χ3v) is 7.30. The summed E-state index contributed by atoms with van der Waals surface area (Å²) in [6.45, 7) is 8.92. The van der Waals surface area contributed by atoms with Gasteiger partial charge in [-0.15, -0.1) is 0 Å². The molecule has 4 aromatic carbocycles. The summed E-state index contributed by atoms with van der Waals surface area (Å²) in [5.74, 6) is 0.143. The third-order valence-electron chi connectivity index (χ3n) is 7.30. The van der Waals surface area contributed by atoms with Gasteiger partial charge in [0.15, 0.2) is 5.78 Å². The van der Waals surface area contributed by atoms with Crippen LogP contribution in [0.2, 0.25) is 0 Å². The lowest BCUT2D eigenvalue weighted by Crippen LogP contribution is -2.36. The van der Waals surface area contributed by atoms with Crippen LogP contribution in [0.5, 0.6) is 5.75 Å². The molecule has 0 aliphatic carbocycles. The first-order valence-corrected chi connectivity index (χ1v) is 15.2. The number of hydrogen-bond acceptors (Lipinski definition) is 6. The molecular formula is C38H42N2O5. The molecule has 0 bridgehead atoms. The van der Waals surface area contributed by atoms with E-state index in [9.17, 15) is 14.4 Å². The maximum Gasteiger partial charge on any atom is 0.328 e. The smallest absolute Gasteiger partial charge is 0.328 e. The number of carbonyl (C=O) groups is 3. The van der Waals surface area contributed by atoms with Gasteiger partial charge >= 0.3 is 5.97 Å². The predicted octanol–water partition coefficient (Wildman–Crippen LogP) is 7.27. The van der Waals surface area contributed by atoms with Gasteiger partial charge in [-0.1, -0.05) is 93.1 Å². The van der Waals surface area contributed by atoms with E-state index in [1.54, 1.807) is 35.2 Å². The Hall–Kier alpha value is -4.91. The second-order valence-corrected chi connectivity index (χ2v) is 12.3. The fourth-order valence-corrected chi connectivity index (χ4v) is 4.96. The van der Waals surface area contributed by atoms with Gasteiger partial charge in [0, 0.05) is 35.3 Å². The second kappa shape index (κ2) is 15.2. The highest BCUT2D eigenvalue weighted by atomic mass is 16.5. The summed E-state index contributed by atoms with van der Waals surface area (Å²) in [4.78, 5) is 41.0. The average Bonchev–Trinajstić information content (AvgIpc) is 3.03. The number of aryl methyl sites for hydroxylation is 1. The minimum Gasteiger partial charge on any atom is -0.492 e. The van der Waals surface area contributed by atoms with Crippen LogP contribution in [0.1, 0.15) is 54.2 Å². The standard InChI is InChI=1S/C38H42N2O5/c1-27-15-19-30(20-16-27)40(35(41)26-38(2,3)4)23-24-45-31-21-17-28(18-22-31)25-34(37(43)44-5)39-33-14-10-9-13-32(33)36(42)29-11-7-6-8-12-29/h6-22,34,39H,23-26H2,1-5H3/t34-/m0/s1. The zero-order chi connectivity index (χ0) is 32.4. The number of carbonyl (C=O) groups excluding carboxylic acids is 3. The number of para-hydroxylation sites is 1. The lowest BCUT2D eigenvalue weighted by Gasteiger charge is -2.27. The molecule has 0 saturated carbocycles. The molecular weight excluding hydrogens is 564 g/mol. The first kappa shape index (κ1) is 33.0. The third kappa shape index (κ3) is 9.54. The average molecular weight is 607 g/mol. The van der Waals surface area contributed by atoms with Gasteiger partial charge in [-0.25, -0.2) is 4.79 Å². The monoisotopic (exact) mass is 606 g/mol. The van der Waals surface area contributed by atoms with Crippen molar-refractivity contribution in [2.75, 3.05) is 30.5 Å². The maximum atomic E-state index is 13.2. The van der Waals surface area contributed by atoms with Crippen molar-refractivity contribution in [3.63, 3.8) is 0 Å². The van der Waals surface area contributed by atoms with Crippen LogP contribution in [0.4, 0.5) is 11.4 Å². The molecule has 1 atom stereocenters. The summed E-state index contributed by atoms with van der Waals surface area (Å²) in [5.41, 5.74) is 4.33. The van der Waals surface area contributed by atoms with E-state index in [-0.39, 0.29) is 17.1 Å². The number of ether oxygens (including phenoxy) is 2. The lowest BCUT2D eigenvalue weighted by molar-refractivity contribution is -0.141. The summed E-state index contributed by atoms with van der Waals surface area (Å²) in [5, 5.41) is 3.24. The van der Waals surface area contributed by atoms with Crippen molar-refractivity contribution in [1.82, 2.24) is 0 Å². The summed E-state index contributed by atoms with van der Waals surface area (Å²) in [6, 6.07) is 30.9.